The number of hydrogen-bond acceptors (Lipinski definition) is 8. The topological polar surface area (TPSA) is 89.5 Å². The Morgan fingerprint density at radius 1 is 0.972 bits per heavy atom. The molecule has 0 N–H and O–H groups in total. The standard InChI is InChI=1S/C27H29ClO8/c1-14-8-18(9-15(2)24(14)28)35-23-13-34-20-12-17(6-7-19(20)25(23)29)36-27(30)16-10-21(31-3)26(33-5)22(11-16)32-4/h8-11,13,17,19-20H,6-7,12H2,1-5H3. The SMILES string of the molecule is COc1cc(C(=O)OC2CCC3C(=O)C(Oc4cc(C)c(Cl)c(C)c4)=COC3C2)cc(OC)c1OC. The van der Waals surface area contributed by atoms with Gasteiger partial charge in [0, 0.05) is 11.4 Å². The maximum atomic E-state index is 13.1. The molecule has 0 bridgehead atoms. The highest BCUT2D eigenvalue weighted by molar-refractivity contribution is 6.32. The molecule has 1 fully saturated rings. The molecule has 3 atom stereocenters. The highest BCUT2D eigenvalue weighted by atomic mass is 35.5. The fourth-order valence-electron chi connectivity index (χ4n) is 4.62. The molecule has 0 amide bonds. The van der Waals surface area contributed by atoms with E-state index in [4.69, 9.17) is 40.0 Å². The fourth-order valence-corrected chi connectivity index (χ4v) is 4.73. The smallest absolute Gasteiger partial charge is 0.338 e. The van der Waals surface area contributed by atoms with Crippen molar-refractivity contribution < 1.29 is 38.0 Å². The van der Waals surface area contributed by atoms with Crippen molar-refractivity contribution in [3.05, 3.63) is 58.0 Å². The van der Waals surface area contributed by atoms with Gasteiger partial charge >= 0.3 is 5.97 Å². The molecule has 8 nitrogen and oxygen atoms in total. The fraction of sp³-hybridized carbons (Fsp3) is 0.407. The molecule has 0 aromatic heterocycles. The van der Waals surface area contributed by atoms with Crippen molar-refractivity contribution in [3.63, 3.8) is 0 Å². The number of hydrogen-bond donors (Lipinski definition) is 0. The first-order valence-electron chi connectivity index (χ1n) is 11.6. The molecule has 4 rings (SSSR count). The van der Waals surface area contributed by atoms with Gasteiger partial charge in [-0.2, -0.15) is 0 Å². The Bertz CT molecular complexity index is 1160. The number of carbonyl (C=O) groups is 2. The van der Waals surface area contributed by atoms with Crippen LogP contribution in [0.2, 0.25) is 5.02 Å². The highest BCUT2D eigenvalue weighted by Crippen LogP contribution is 2.39. The van der Waals surface area contributed by atoms with E-state index in [0.29, 0.717) is 47.3 Å². The number of benzene rings is 2. The molecule has 1 aliphatic heterocycles. The number of ether oxygens (including phenoxy) is 6. The number of rotatable bonds is 7. The van der Waals surface area contributed by atoms with Gasteiger partial charge in [-0.25, -0.2) is 4.79 Å². The van der Waals surface area contributed by atoms with Crippen LogP contribution in [0.4, 0.5) is 0 Å². The molecular formula is C27H29ClO8. The van der Waals surface area contributed by atoms with E-state index in [1.165, 1.54) is 27.6 Å². The van der Waals surface area contributed by atoms with Gasteiger partial charge < -0.3 is 28.4 Å². The molecule has 1 aliphatic carbocycles. The third-order valence-corrected chi connectivity index (χ3v) is 7.08. The van der Waals surface area contributed by atoms with Crippen LogP contribution < -0.4 is 18.9 Å². The number of aryl methyl sites for hydroxylation is 2. The molecule has 1 saturated carbocycles. The van der Waals surface area contributed by atoms with Crippen LogP contribution in [0, 0.1) is 19.8 Å². The first-order valence-corrected chi connectivity index (χ1v) is 12.0. The first kappa shape index (κ1) is 25.7. The van der Waals surface area contributed by atoms with E-state index >= 15 is 0 Å². The van der Waals surface area contributed by atoms with Crippen molar-refractivity contribution in [2.24, 2.45) is 5.92 Å². The van der Waals surface area contributed by atoms with Gasteiger partial charge in [-0.3, -0.25) is 4.79 Å². The van der Waals surface area contributed by atoms with Crippen molar-refractivity contribution >= 4 is 23.4 Å². The molecule has 36 heavy (non-hydrogen) atoms. The lowest BCUT2D eigenvalue weighted by Crippen LogP contribution is -2.43. The Morgan fingerprint density at radius 3 is 2.19 bits per heavy atom. The number of allylic oxidation sites excluding steroid dienone is 1. The summed E-state index contributed by atoms with van der Waals surface area (Å²) in [6.45, 7) is 3.76. The van der Waals surface area contributed by atoms with Crippen LogP contribution in [-0.4, -0.2) is 45.3 Å². The van der Waals surface area contributed by atoms with Crippen molar-refractivity contribution in [3.8, 4) is 23.0 Å². The molecule has 2 aromatic carbocycles. The Morgan fingerprint density at radius 2 is 1.61 bits per heavy atom. The number of carbonyl (C=O) groups excluding carboxylic acids is 2. The minimum absolute atomic E-state index is 0.120. The van der Waals surface area contributed by atoms with E-state index in [0.717, 1.165) is 11.1 Å². The number of halogens is 1. The Kier molecular flexibility index (Phi) is 7.64. The van der Waals surface area contributed by atoms with E-state index in [1.54, 1.807) is 24.3 Å². The predicted molar refractivity (Wildman–Crippen MR) is 132 cm³/mol. The van der Waals surface area contributed by atoms with Crippen molar-refractivity contribution in [2.75, 3.05) is 21.3 Å². The number of ketones is 1. The van der Waals surface area contributed by atoms with Crippen LogP contribution in [0.3, 0.4) is 0 Å². The second-order valence-corrected chi connectivity index (χ2v) is 9.23. The van der Waals surface area contributed by atoms with E-state index in [-0.39, 0.29) is 23.0 Å². The number of Topliss-reactive ketones (excluding diaryl/α,β-unsaturated/α-hetero) is 1. The number of methoxy groups -OCH3 is 3. The third-order valence-electron chi connectivity index (χ3n) is 6.49. The molecule has 2 aliphatic rings. The zero-order valence-electron chi connectivity index (χ0n) is 20.9. The van der Waals surface area contributed by atoms with Gasteiger partial charge in [0.05, 0.1) is 32.8 Å². The van der Waals surface area contributed by atoms with Crippen LogP contribution in [0.25, 0.3) is 0 Å². The summed E-state index contributed by atoms with van der Waals surface area (Å²) >= 11 is 6.23. The summed E-state index contributed by atoms with van der Waals surface area (Å²) < 4.78 is 33.4. The largest absolute Gasteiger partial charge is 0.493 e. The highest BCUT2D eigenvalue weighted by Gasteiger charge is 2.42. The number of fused-ring (bicyclic) bond motifs is 1. The molecular weight excluding hydrogens is 488 g/mol. The van der Waals surface area contributed by atoms with E-state index in [9.17, 15) is 9.59 Å². The van der Waals surface area contributed by atoms with Crippen LogP contribution in [0.1, 0.15) is 40.7 Å². The molecule has 1 heterocycles. The minimum Gasteiger partial charge on any atom is -0.493 e. The lowest BCUT2D eigenvalue weighted by molar-refractivity contribution is -0.132. The Labute approximate surface area is 215 Å². The summed E-state index contributed by atoms with van der Waals surface area (Å²) in [6.07, 6.45) is 1.99. The lowest BCUT2D eigenvalue weighted by atomic mass is 9.80. The average molecular weight is 517 g/mol. The van der Waals surface area contributed by atoms with E-state index in [1.807, 2.05) is 13.8 Å². The van der Waals surface area contributed by atoms with Crippen LogP contribution >= 0.6 is 11.6 Å². The van der Waals surface area contributed by atoms with Gasteiger partial charge in [0.1, 0.15) is 24.2 Å². The van der Waals surface area contributed by atoms with Crippen molar-refractivity contribution in [1.29, 1.82) is 0 Å². The second kappa shape index (κ2) is 10.7. The van der Waals surface area contributed by atoms with Crippen molar-refractivity contribution in [2.45, 2.75) is 45.3 Å². The quantitative estimate of drug-likeness (QED) is 0.464. The maximum Gasteiger partial charge on any atom is 0.338 e. The first-order chi connectivity index (χ1) is 17.2. The maximum absolute atomic E-state index is 13.1. The van der Waals surface area contributed by atoms with Gasteiger partial charge in [-0.1, -0.05) is 11.6 Å². The third kappa shape index (κ3) is 5.09. The van der Waals surface area contributed by atoms with Crippen LogP contribution in [0.5, 0.6) is 23.0 Å². The van der Waals surface area contributed by atoms with E-state index < -0.39 is 18.2 Å². The summed E-state index contributed by atoms with van der Waals surface area (Å²) in [5.74, 6) is 0.790. The van der Waals surface area contributed by atoms with Gasteiger partial charge in [0.25, 0.3) is 0 Å². The molecule has 0 radical (unpaired) electrons. The summed E-state index contributed by atoms with van der Waals surface area (Å²) in [7, 11) is 4.45. The summed E-state index contributed by atoms with van der Waals surface area (Å²) in [4.78, 5) is 26.0. The molecule has 2 aromatic rings. The molecule has 0 saturated heterocycles. The monoisotopic (exact) mass is 516 g/mol. The van der Waals surface area contributed by atoms with Gasteiger partial charge in [0.2, 0.25) is 17.3 Å². The minimum atomic E-state index is -0.520. The summed E-state index contributed by atoms with van der Waals surface area (Å²) in [6, 6.07) is 6.66. The average Bonchev–Trinajstić information content (AvgIpc) is 2.87. The predicted octanol–water partition coefficient (Wildman–Crippen LogP) is 5.20. The summed E-state index contributed by atoms with van der Waals surface area (Å²) in [5, 5.41) is 0.669. The van der Waals surface area contributed by atoms with Crippen LogP contribution in [-0.2, 0) is 14.3 Å². The normalized spacial score (nSPS) is 21.0. The van der Waals surface area contributed by atoms with E-state index in [2.05, 4.69) is 0 Å². The second-order valence-electron chi connectivity index (χ2n) is 8.85. The molecule has 0 spiro atoms. The van der Waals surface area contributed by atoms with Crippen molar-refractivity contribution in [1.82, 2.24) is 0 Å². The summed E-state index contributed by atoms with van der Waals surface area (Å²) in [5.41, 5.74) is 2.00. The zero-order chi connectivity index (χ0) is 26.0. The molecule has 192 valence electrons. The lowest BCUT2D eigenvalue weighted by Gasteiger charge is -2.36. The molecule has 9 heteroatoms. The van der Waals surface area contributed by atoms with Gasteiger partial charge in [-0.05, 0) is 62.1 Å². The Balaban J connectivity index is 1.42. The van der Waals surface area contributed by atoms with Gasteiger partial charge in [0.15, 0.2) is 11.5 Å². The molecule has 3 unspecified atom stereocenters. The Hall–Kier alpha value is -3.39. The van der Waals surface area contributed by atoms with Crippen LogP contribution in [0.15, 0.2) is 36.3 Å². The van der Waals surface area contributed by atoms with Gasteiger partial charge in [-0.15, -0.1) is 0 Å². The number of esters is 1. The zero-order valence-corrected chi connectivity index (χ0v) is 21.6.